The molecule has 3 rings (SSSR count). The SMILES string of the molecule is CCCC1(CCC)c2cc(C(=O)C(CCCl)=NOC(C)=O)ccc2-c2ccc([N+](=O)[O-])cc21. The van der Waals surface area contributed by atoms with E-state index in [0.717, 1.165) is 47.9 Å². The molecule has 0 spiro atoms. The molecule has 0 fully saturated rings. The molecule has 0 aliphatic heterocycles. The molecule has 0 saturated heterocycles. The fourth-order valence-electron chi connectivity index (χ4n) is 4.83. The van der Waals surface area contributed by atoms with E-state index in [-0.39, 0.29) is 34.4 Å². The predicted octanol–water partition coefficient (Wildman–Crippen LogP) is 6.19. The lowest BCUT2D eigenvalue weighted by atomic mass is 9.71. The molecule has 0 radical (unpaired) electrons. The number of rotatable bonds is 10. The van der Waals surface area contributed by atoms with Crippen molar-refractivity contribution in [1.82, 2.24) is 0 Å². The summed E-state index contributed by atoms with van der Waals surface area (Å²) in [6, 6.07) is 10.5. The highest BCUT2D eigenvalue weighted by Crippen LogP contribution is 2.54. The molecule has 7 nitrogen and oxygen atoms in total. The highest BCUT2D eigenvalue weighted by Gasteiger charge is 2.43. The van der Waals surface area contributed by atoms with E-state index in [1.54, 1.807) is 12.1 Å². The molecule has 0 heterocycles. The normalized spacial score (nSPS) is 13.9. The van der Waals surface area contributed by atoms with E-state index in [1.165, 1.54) is 13.0 Å². The Bertz CT molecular complexity index is 1120. The van der Waals surface area contributed by atoms with Crippen LogP contribution in [0, 0.1) is 10.1 Å². The topological polar surface area (TPSA) is 98.9 Å². The number of benzene rings is 2. The Hall–Kier alpha value is -3.06. The number of alkyl halides is 1. The van der Waals surface area contributed by atoms with Gasteiger partial charge >= 0.3 is 5.97 Å². The first-order chi connectivity index (χ1) is 15.8. The smallest absolute Gasteiger partial charge is 0.318 e. The highest BCUT2D eigenvalue weighted by atomic mass is 35.5. The number of hydrogen-bond acceptors (Lipinski definition) is 6. The molecule has 33 heavy (non-hydrogen) atoms. The number of halogens is 1. The van der Waals surface area contributed by atoms with Crippen molar-refractivity contribution in [2.75, 3.05) is 5.88 Å². The second-order valence-corrected chi connectivity index (χ2v) is 8.60. The second-order valence-electron chi connectivity index (χ2n) is 8.22. The summed E-state index contributed by atoms with van der Waals surface area (Å²) < 4.78 is 0. The third kappa shape index (κ3) is 4.69. The van der Waals surface area contributed by atoms with Crippen LogP contribution in [-0.2, 0) is 15.0 Å². The number of ketones is 1. The number of carbonyl (C=O) groups excluding carboxylic acids is 2. The summed E-state index contributed by atoms with van der Waals surface area (Å²) in [5.41, 5.74) is 4.01. The van der Waals surface area contributed by atoms with Gasteiger partial charge in [0.2, 0.25) is 5.78 Å². The van der Waals surface area contributed by atoms with Gasteiger partial charge in [0.05, 0.1) is 4.92 Å². The van der Waals surface area contributed by atoms with E-state index < -0.39 is 11.4 Å². The fraction of sp³-hybridized carbons (Fsp3) is 0.400. The fourth-order valence-corrected chi connectivity index (χ4v) is 5.01. The van der Waals surface area contributed by atoms with Gasteiger partial charge in [-0.15, -0.1) is 11.6 Å². The van der Waals surface area contributed by atoms with Gasteiger partial charge in [-0.1, -0.05) is 44.0 Å². The van der Waals surface area contributed by atoms with E-state index >= 15 is 0 Å². The molecule has 0 unspecified atom stereocenters. The number of fused-ring (bicyclic) bond motifs is 3. The standard InChI is InChI=1S/C25H27ClN2O5/c1-4-11-25(12-5-2)21-14-17(24(30)23(10-13-26)27-33-16(3)29)6-8-19(21)20-9-7-18(28(31)32)15-22(20)25/h6-9,14-15H,4-5,10-13H2,1-3H3. The van der Waals surface area contributed by atoms with Gasteiger partial charge < -0.3 is 4.84 Å². The van der Waals surface area contributed by atoms with Crippen LogP contribution in [0.25, 0.3) is 11.1 Å². The molecule has 0 atom stereocenters. The maximum absolute atomic E-state index is 13.2. The molecule has 1 aliphatic rings. The summed E-state index contributed by atoms with van der Waals surface area (Å²) in [4.78, 5) is 40.2. The van der Waals surface area contributed by atoms with Gasteiger partial charge in [0.1, 0.15) is 5.71 Å². The Morgan fingerprint density at radius 2 is 1.67 bits per heavy atom. The van der Waals surface area contributed by atoms with Gasteiger partial charge in [0.15, 0.2) is 0 Å². The number of nitro benzene ring substituents is 1. The molecular weight excluding hydrogens is 444 g/mol. The number of carbonyl (C=O) groups is 2. The third-order valence-corrected chi connectivity index (χ3v) is 6.24. The van der Waals surface area contributed by atoms with E-state index in [4.69, 9.17) is 16.4 Å². The Morgan fingerprint density at radius 1 is 1.06 bits per heavy atom. The third-order valence-electron chi connectivity index (χ3n) is 6.05. The van der Waals surface area contributed by atoms with Crippen molar-refractivity contribution in [3.63, 3.8) is 0 Å². The van der Waals surface area contributed by atoms with Crippen LogP contribution in [-0.4, -0.2) is 28.3 Å². The molecule has 2 aromatic rings. The Morgan fingerprint density at radius 3 is 2.21 bits per heavy atom. The zero-order chi connectivity index (χ0) is 24.2. The predicted molar refractivity (Wildman–Crippen MR) is 128 cm³/mol. The molecule has 2 aromatic carbocycles. The van der Waals surface area contributed by atoms with Crippen molar-refractivity contribution >= 4 is 34.8 Å². The molecule has 1 aliphatic carbocycles. The number of non-ortho nitro benzene ring substituents is 1. The molecule has 174 valence electrons. The van der Waals surface area contributed by atoms with Crippen molar-refractivity contribution in [2.24, 2.45) is 5.16 Å². The number of nitro groups is 1. The minimum atomic E-state index is -0.620. The summed E-state index contributed by atoms with van der Waals surface area (Å²) in [6.07, 6.45) is 3.52. The van der Waals surface area contributed by atoms with Gasteiger partial charge in [-0.3, -0.25) is 14.9 Å². The summed E-state index contributed by atoms with van der Waals surface area (Å²) in [5, 5.41) is 15.2. The van der Waals surface area contributed by atoms with Gasteiger partial charge in [0, 0.05) is 42.3 Å². The minimum absolute atomic E-state index is 0.0624. The molecule has 0 bridgehead atoms. The number of Topliss-reactive ketones (excluding diaryl/α,β-unsaturated/α-hetero) is 1. The summed E-state index contributed by atoms with van der Waals surface area (Å²) >= 11 is 5.84. The summed E-state index contributed by atoms with van der Waals surface area (Å²) in [5.74, 6) is -0.823. The average Bonchev–Trinajstić information content (AvgIpc) is 3.05. The average molecular weight is 471 g/mol. The first-order valence-electron chi connectivity index (χ1n) is 11.1. The van der Waals surface area contributed by atoms with Crippen molar-refractivity contribution in [3.05, 3.63) is 63.2 Å². The molecule has 0 aromatic heterocycles. The van der Waals surface area contributed by atoms with E-state index in [1.807, 2.05) is 18.2 Å². The highest BCUT2D eigenvalue weighted by molar-refractivity contribution is 6.46. The Labute approximate surface area is 197 Å². The summed E-state index contributed by atoms with van der Waals surface area (Å²) in [7, 11) is 0. The van der Waals surface area contributed by atoms with E-state index in [9.17, 15) is 19.7 Å². The Kier molecular flexibility index (Phi) is 7.64. The maximum atomic E-state index is 13.2. The van der Waals surface area contributed by atoms with Gasteiger partial charge in [-0.25, -0.2) is 4.79 Å². The van der Waals surface area contributed by atoms with Crippen LogP contribution in [0.1, 0.15) is 74.4 Å². The van der Waals surface area contributed by atoms with Crippen LogP contribution in [0.3, 0.4) is 0 Å². The molecule has 0 N–H and O–H groups in total. The van der Waals surface area contributed by atoms with Crippen LogP contribution in [0.15, 0.2) is 41.6 Å². The number of hydrogen-bond donors (Lipinski definition) is 0. The van der Waals surface area contributed by atoms with Crippen molar-refractivity contribution < 1.29 is 19.3 Å². The van der Waals surface area contributed by atoms with Crippen LogP contribution in [0.4, 0.5) is 5.69 Å². The zero-order valence-electron chi connectivity index (χ0n) is 19.0. The molecule has 0 amide bonds. The number of oxime groups is 1. The van der Waals surface area contributed by atoms with Crippen molar-refractivity contribution in [3.8, 4) is 11.1 Å². The van der Waals surface area contributed by atoms with Crippen LogP contribution in [0.5, 0.6) is 0 Å². The monoisotopic (exact) mass is 470 g/mol. The summed E-state index contributed by atoms with van der Waals surface area (Å²) in [6.45, 7) is 5.39. The minimum Gasteiger partial charge on any atom is -0.318 e. The second kappa shape index (κ2) is 10.3. The van der Waals surface area contributed by atoms with Crippen molar-refractivity contribution in [1.29, 1.82) is 0 Å². The lowest BCUT2D eigenvalue weighted by Crippen LogP contribution is -2.26. The first kappa shape index (κ1) is 24.6. The maximum Gasteiger partial charge on any atom is 0.331 e. The van der Waals surface area contributed by atoms with Gasteiger partial charge in [-0.05, 0) is 47.2 Å². The van der Waals surface area contributed by atoms with Crippen LogP contribution in [0.2, 0.25) is 0 Å². The molecule has 8 heteroatoms. The largest absolute Gasteiger partial charge is 0.331 e. The lowest BCUT2D eigenvalue weighted by molar-refractivity contribution is -0.384. The molecular formula is C25H27ClN2O5. The zero-order valence-corrected chi connectivity index (χ0v) is 19.8. The molecule has 0 saturated carbocycles. The van der Waals surface area contributed by atoms with Crippen molar-refractivity contribution in [2.45, 2.75) is 58.3 Å². The van der Waals surface area contributed by atoms with Crippen LogP contribution < -0.4 is 0 Å². The van der Waals surface area contributed by atoms with E-state index in [2.05, 4.69) is 19.0 Å². The lowest BCUT2D eigenvalue weighted by Gasteiger charge is -2.32. The van der Waals surface area contributed by atoms with E-state index in [0.29, 0.717) is 5.56 Å². The van der Waals surface area contributed by atoms with Gasteiger partial charge in [0.25, 0.3) is 5.69 Å². The quantitative estimate of drug-likeness (QED) is 0.103. The number of nitrogens with zero attached hydrogens (tertiary/aromatic N) is 2. The Balaban J connectivity index is 2.17. The van der Waals surface area contributed by atoms with Gasteiger partial charge in [-0.2, -0.15) is 0 Å². The first-order valence-corrected chi connectivity index (χ1v) is 11.6. The van der Waals surface area contributed by atoms with Crippen LogP contribution >= 0.6 is 11.6 Å².